The second-order valence-electron chi connectivity index (χ2n) is 7.35. The lowest BCUT2D eigenvalue weighted by molar-refractivity contribution is -0.126. The molecule has 30 heavy (non-hydrogen) atoms. The van der Waals surface area contributed by atoms with Crippen LogP contribution in [-0.4, -0.2) is 25.0 Å². The van der Waals surface area contributed by atoms with Crippen LogP contribution in [0.3, 0.4) is 0 Å². The van der Waals surface area contributed by atoms with Crippen LogP contribution in [0.1, 0.15) is 27.2 Å². The van der Waals surface area contributed by atoms with Crippen molar-refractivity contribution in [3.63, 3.8) is 0 Å². The zero-order valence-electron chi connectivity index (χ0n) is 16.6. The minimum Gasteiger partial charge on any atom is -0.492 e. The van der Waals surface area contributed by atoms with Crippen LogP contribution in [0.15, 0.2) is 66.0 Å². The molecule has 6 heteroatoms. The molecule has 2 heterocycles. The van der Waals surface area contributed by atoms with E-state index in [0.29, 0.717) is 30.1 Å². The van der Waals surface area contributed by atoms with E-state index in [-0.39, 0.29) is 17.7 Å². The molecule has 0 aliphatic carbocycles. The van der Waals surface area contributed by atoms with E-state index < -0.39 is 0 Å². The summed E-state index contributed by atoms with van der Waals surface area (Å²) in [5, 5.41) is 7.82. The SMILES string of the molecule is O=C(Nc1ccc2c(c1)CC(C(=O)NCCCc1ccccc1)CO2)c1cccs1. The molecule has 4 rings (SSSR count). The summed E-state index contributed by atoms with van der Waals surface area (Å²) >= 11 is 1.40. The number of hydrogen-bond donors (Lipinski definition) is 2. The second-order valence-corrected chi connectivity index (χ2v) is 8.29. The Morgan fingerprint density at radius 1 is 1.07 bits per heavy atom. The van der Waals surface area contributed by atoms with Gasteiger partial charge in [-0.05, 0) is 60.0 Å². The Morgan fingerprint density at radius 3 is 2.73 bits per heavy atom. The first kappa shape index (κ1) is 20.2. The zero-order valence-corrected chi connectivity index (χ0v) is 17.4. The molecule has 1 atom stereocenters. The van der Waals surface area contributed by atoms with E-state index >= 15 is 0 Å². The molecule has 2 aromatic carbocycles. The first-order valence-electron chi connectivity index (χ1n) is 10.1. The third-order valence-electron chi connectivity index (χ3n) is 5.12. The van der Waals surface area contributed by atoms with E-state index in [1.807, 2.05) is 47.8 Å². The number of benzene rings is 2. The van der Waals surface area contributed by atoms with Crippen molar-refractivity contribution in [2.24, 2.45) is 5.92 Å². The monoisotopic (exact) mass is 420 g/mol. The van der Waals surface area contributed by atoms with Crippen LogP contribution in [0, 0.1) is 5.92 Å². The van der Waals surface area contributed by atoms with Crippen LogP contribution < -0.4 is 15.4 Å². The summed E-state index contributed by atoms with van der Waals surface area (Å²) in [6.07, 6.45) is 2.44. The number of thiophene rings is 1. The Hall–Kier alpha value is -3.12. The van der Waals surface area contributed by atoms with Gasteiger partial charge < -0.3 is 15.4 Å². The molecule has 2 amide bonds. The van der Waals surface area contributed by atoms with Crippen LogP contribution in [0.2, 0.25) is 0 Å². The number of carbonyl (C=O) groups excluding carboxylic acids is 2. The number of rotatable bonds is 7. The number of fused-ring (bicyclic) bond motifs is 1. The van der Waals surface area contributed by atoms with Crippen LogP contribution in [-0.2, 0) is 17.6 Å². The highest BCUT2D eigenvalue weighted by Gasteiger charge is 2.26. The average molecular weight is 421 g/mol. The molecule has 154 valence electrons. The number of amides is 2. The van der Waals surface area contributed by atoms with Gasteiger partial charge in [-0.15, -0.1) is 11.3 Å². The van der Waals surface area contributed by atoms with Crippen LogP contribution in [0.5, 0.6) is 5.75 Å². The van der Waals surface area contributed by atoms with Crippen LogP contribution in [0.4, 0.5) is 5.69 Å². The fourth-order valence-electron chi connectivity index (χ4n) is 3.53. The molecule has 0 radical (unpaired) electrons. The number of carbonyl (C=O) groups is 2. The number of hydrogen-bond acceptors (Lipinski definition) is 4. The van der Waals surface area contributed by atoms with Gasteiger partial charge in [0.2, 0.25) is 5.91 Å². The zero-order chi connectivity index (χ0) is 20.8. The van der Waals surface area contributed by atoms with Gasteiger partial charge in [0.25, 0.3) is 5.91 Å². The summed E-state index contributed by atoms with van der Waals surface area (Å²) in [6.45, 7) is 1.02. The van der Waals surface area contributed by atoms with Gasteiger partial charge in [0.15, 0.2) is 0 Å². The molecule has 2 N–H and O–H groups in total. The van der Waals surface area contributed by atoms with Crippen molar-refractivity contribution >= 4 is 28.8 Å². The fourth-order valence-corrected chi connectivity index (χ4v) is 4.15. The van der Waals surface area contributed by atoms with E-state index in [9.17, 15) is 9.59 Å². The molecule has 1 aromatic heterocycles. The Kier molecular flexibility index (Phi) is 6.44. The minimum absolute atomic E-state index is 0.0155. The van der Waals surface area contributed by atoms with Crippen molar-refractivity contribution in [3.8, 4) is 5.75 Å². The lowest BCUT2D eigenvalue weighted by atomic mass is 9.95. The molecule has 5 nitrogen and oxygen atoms in total. The lowest BCUT2D eigenvalue weighted by Crippen LogP contribution is -2.37. The normalized spacial score (nSPS) is 15.0. The first-order chi connectivity index (χ1) is 14.7. The molecule has 1 aliphatic heterocycles. The molecule has 3 aromatic rings. The van der Waals surface area contributed by atoms with E-state index in [1.54, 1.807) is 6.07 Å². The van der Waals surface area contributed by atoms with Crippen molar-refractivity contribution in [1.82, 2.24) is 5.32 Å². The van der Waals surface area contributed by atoms with Crippen molar-refractivity contribution in [2.75, 3.05) is 18.5 Å². The molecule has 0 spiro atoms. The Labute approximate surface area is 180 Å². The standard InChI is InChI=1S/C24H24N2O3S/c27-23(25-12-4-8-17-6-2-1-3-7-17)19-14-18-15-20(10-11-21(18)29-16-19)26-24(28)22-9-5-13-30-22/h1-3,5-7,9-11,13,15,19H,4,8,12,14,16H2,(H,25,27)(H,26,28). The number of anilines is 1. The van der Waals surface area contributed by atoms with Gasteiger partial charge in [0.05, 0.1) is 10.8 Å². The molecule has 0 bridgehead atoms. The Morgan fingerprint density at radius 2 is 1.93 bits per heavy atom. The highest BCUT2D eigenvalue weighted by Crippen LogP contribution is 2.30. The van der Waals surface area contributed by atoms with Gasteiger partial charge in [-0.25, -0.2) is 0 Å². The summed E-state index contributed by atoms with van der Waals surface area (Å²) in [5.41, 5.74) is 2.92. The predicted octanol–water partition coefficient (Wildman–Crippen LogP) is 4.30. The van der Waals surface area contributed by atoms with Crippen molar-refractivity contribution in [2.45, 2.75) is 19.3 Å². The summed E-state index contributed by atoms with van der Waals surface area (Å²) in [5.74, 6) is 0.436. The third-order valence-corrected chi connectivity index (χ3v) is 5.99. The van der Waals surface area contributed by atoms with Gasteiger partial charge in [0.1, 0.15) is 12.4 Å². The molecular weight excluding hydrogens is 396 g/mol. The summed E-state index contributed by atoms with van der Waals surface area (Å²) in [7, 11) is 0. The Bertz CT molecular complexity index is 1000. The molecule has 0 saturated carbocycles. The highest BCUT2D eigenvalue weighted by molar-refractivity contribution is 7.12. The topological polar surface area (TPSA) is 67.4 Å². The largest absolute Gasteiger partial charge is 0.492 e. The average Bonchev–Trinajstić information content (AvgIpc) is 3.32. The predicted molar refractivity (Wildman–Crippen MR) is 119 cm³/mol. The van der Waals surface area contributed by atoms with Gasteiger partial charge in [-0.2, -0.15) is 0 Å². The molecule has 0 fully saturated rings. The third kappa shape index (κ3) is 5.07. The van der Waals surface area contributed by atoms with Gasteiger partial charge >= 0.3 is 0 Å². The summed E-state index contributed by atoms with van der Waals surface area (Å²) in [6, 6.07) is 19.5. The molecular formula is C24H24N2O3S. The van der Waals surface area contributed by atoms with E-state index in [4.69, 9.17) is 4.74 Å². The van der Waals surface area contributed by atoms with Gasteiger partial charge in [0, 0.05) is 12.2 Å². The lowest BCUT2D eigenvalue weighted by Gasteiger charge is -2.25. The second kappa shape index (κ2) is 9.59. The van der Waals surface area contributed by atoms with Crippen molar-refractivity contribution < 1.29 is 14.3 Å². The highest BCUT2D eigenvalue weighted by atomic mass is 32.1. The fraction of sp³-hybridized carbons (Fsp3) is 0.250. The van der Waals surface area contributed by atoms with Crippen LogP contribution in [0.25, 0.3) is 0 Å². The minimum atomic E-state index is -0.225. The van der Waals surface area contributed by atoms with Crippen LogP contribution >= 0.6 is 11.3 Å². The number of ether oxygens (including phenoxy) is 1. The summed E-state index contributed by atoms with van der Waals surface area (Å²) in [4.78, 5) is 25.5. The van der Waals surface area contributed by atoms with E-state index in [1.165, 1.54) is 16.9 Å². The maximum atomic E-state index is 12.6. The van der Waals surface area contributed by atoms with E-state index in [2.05, 4.69) is 22.8 Å². The molecule has 1 aliphatic rings. The van der Waals surface area contributed by atoms with Crippen molar-refractivity contribution in [1.29, 1.82) is 0 Å². The number of nitrogens with one attached hydrogen (secondary N) is 2. The maximum absolute atomic E-state index is 12.6. The molecule has 1 unspecified atom stereocenters. The van der Waals surface area contributed by atoms with Gasteiger partial charge in [-0.1, -0.05) is 36.4 Å². The first-order valence-corrected chi connectivity index (χ1v) is 11.0. The Balaban J connectivity index is 1.29. The van der Waals surface area contributed by atoms with Crippen molar-refractivity contribution in [3.05, 3.63) is 82.0 Å². The van der Waals surface area contributed by atoms with Gasteiger partial charge in [-0.3, -0.25) is 9.59 Å². The van der Waals surface area contributed by atoms with E-state index in [0.717, 1.165) is 24.2 Å². The molecule has 0 saturated heterocycles. The quantitative estimate of drug-likeness (QED) is 0.560. The maximum Gasteiger partial charge on any atom is 0.265 e. The smallest absolute Gasteiger partial charge is 0.265 e. The number of aryl methyl sites for hydroxylation is 1. The summed E-state index contributed by atoms with van der Waals surface area (Å²) < 4.78 is 5.79.